The standard InChI is InChI=1S/C14H17ClINO2/c15-10-4-5-12(16)11(8-10)13(19)17-14(9-18)6-2-1-3-7-14/h4-5,8,18H,1-3,6-7,9H2,(H,17,19). The van der Waals surface area contributed by atoms with Crippen LogP contribution in [0.3, 0.4) is 0 Å². The van der Waals surface area contributed by atoms with Crippen LogP contribution in [0.1, 0.15) is 42.5 Å². The molecule has 0 bridgehead atoms. The first-order chi connectivity index (χ1) is 9.06. The van der Waals surface area contributed by atoms with E-state index in [-0.39, 0.29) is 12.5 Å². The second-order valence-corrected chi connectivity index (χ2v) is 6.68. The summed E-state index contributed by atoms with van der Waals surface area (Å²) in [6.45, 7) is -0.00408. The number of aliphatic hydroxyl groups excluding tert-OH is 1. The molecule has 0 aromatic heterocycles. The van der Waals surface area contributed by atoms with Crippen molar-refractivity contribution in [3.63, 3.8) is 0 Å². The number of carbonyl (C=O) groups excluding carboxylic acids is 1. The van der Waals surface area contributed by atoms with E-state index in [1.807, 2.05) is 6.07 Å². The van der Waals surface area contributed by atoms with E-state index in [9.17, 15) is 9.90 Å². The minimum atomic E-state index is -0.458. The van der Waals surface area contributed by atoms with Crippen molar-refractivity contribution < 1.29 is 9.90 Å². The summed E-state index contributed by atoms with van der Waals surface area (Å²) < 4.78 is 0.864. The number of carbonyl (C=O) groups is 1. The molecule has 104 valence electrons. The van der Waals surface area contributed by atoms with Gasteiger partial charge in [-0.1, -0.05) is 30.9 Å². The van der Waals surface area contributed by atoms with E-state index < -0.39 is 5.54 Å². The summed E-state index contributed by atoms with van der Waals surface area (Å²) in [7, 11) is 0. The van der Waals surface area contributed by atoms with Crippen LogP contribution in [0.15, 0.2) is 18.2 Å². The van der Waals surface area contributed by atoms with Crippen LogP contribution < -0.4 is 5.32 Å². The Labute approximate surface area is 131 Å². The number of benzene rings is 1. The lowest BCUT2D eigenvalue weighted by molar-refractivity contribution is 0.0758. The van der Waals surface area contributed by atoms with Gasteiger partial charge in [0.15, 0.2) is 0 Å². The van der Waals surface area contributed by atoms with Gasteiger partial charge >= 0.3 is 0 Å². The molecule has 2 N–H and O–H groups in total. The molecule has 1 saturated carbocycles. The maximum atomic E-state index is 12.4. The minimum Gasteiger partial charge on any atom is -0.394 e. The molecule has 19 heavy (non-hydrogen) atoms. The highest BCUT2D eigenvalue weighted by molar-refractivity contribution is 14.1. The van der Waals surface area contributed by atoms with Crippen LogP contribution in [0.25, 0.3) is 0 Å². The molecule has 1 amide bonds. The van der Waals surface area contributed by atoms with Crippen molar-refractivity contribution in [1.29, 1.82) is 0 Å². The van der Waals surface area contributed by atoms with Crippen molar-refractivity contribution in [2.45, 2.75) is 37.6 Å². The number of nitrogens with one attached hydrogen (secondary N) is 1. The van der Waals surface area contributed by atoms with Crippen molar-refractivity contribution in [2.75, 3.05) is 6.61 Å². The van der Waals surface area contributed by atoms with Gasteiger partial charge in [-0.15, -0.1) is 0 Å². The normalized spacial score (nSPS) is 18.1. The lowest BCUT2D eigenvalue weighted by Gasteiger charge is -2.36. The van der Waals surface area contributed by atoms with Gasteiger partial charge in [0.25, 0.3) is 5.91 Å². The van der Waals surface area contributed by atoms with E-state index in [1.54, 1.807) is 12.1 Å². The molecule has 0 aliphatic heterocycles. The Hall–Kier alpha value is -0.330. The molecular formula is C14H17ClINO2. The van der Waals surface area contributed by atoms with Gasteiger partial charge in [-0.3, -0.25) is 4.79 Å². The molecule has 0 spiro atoms. The smallest absolute Gasteiger partial charge is 0.252 e. The fourth-order valence-corrected chi connectivity index (χ4v) is 3.28. The maximum Gasteiger partial charge on any atom is 0.252 e. The number of halogens is 2. The van der Waals surface area contributed by atoms with Crippen molar-refractivity contribution in [2.24, 2.45) is 0 Å². The zero-order valence-corrected chi connectivity index (χ0v) is 13.5. The van der Waals surface area contributed by atoms with Crippen LogP contribution in [0.2, 0.25) is 5.02 Å². The average molecular weight is 394 g/mol. The van der Waals surface area contributed by atoms with Crippen LogP contribution in [-0.4, -0.2) is 23.2 Å². The Morgan fingerprint density at radius 2 is 2.05 bits per heavy atom. The molecule has 1 aliphatic rings. The molecule has 1 aromatic carbocycles. The summed E-state index contributed by atoms with van der Waals surface area (Å²) in [6, 6.07) is 5.26. The van der Waals surface area contributed by atoms with Crippen LogP contribution in [0.5, 0.6) is 0 Å². The van der Waals surface area contributed by atoms with Crippen molar-refractivity contribution in [3.8, 4) is 0 Å². The predicted molar refractivity (Wildman–Crippen MR) is 84.5 cm³/mol. The number of hydrogen-bond acceptors (Lipinski definition) is 2. The molecule has 1 aromatic rings. The molecule has 3 nitrogen and oxygen atoms in total. The number of rotatable bonds is 3. The number of aliphatic hydroxyl groups is 1. The highest BCUT2D eigenvalue weighted by Gasteiger charge is 2.33. The second-order valence-electron chi connectivity index (χ2n) is 5.08. The SMILES string of the molecule is O=C(NC1(CO)CCCCC1)c1cc(Cl)ccc1I. The molecular weight excluding hydrogens is 377 g/mol. The lowest BCUT2D eigenvalue weighted by atomic mass is 9.82. The lowest BCUT2D eigenvalue weighted by Crippen LogP contribution is -2.52. The van der Waals surface area contributed by atoms with Crippen LogP contribution >= 0.6 is 34.2 Å². The monoisotopic (exact) mass is 393 g/mol. The van der Waals surface area contributed by atoms with Gasteiger partial charge in [0.2, 0.25) is 0 Å². The Kier molecular flexibility index (Phi) is 5.09. The number of amides is 1. The van der Waals surface area contributed by atoms with Gasteiger partial charge in [-0.25, -0.2) is 0 Å². The van der Waals surface area contributed by atoms with Crippen LogP contribution in [0, 0.1) is 3.57 Å². The molecule has 0 radical (unpaired) electrons. The largest absolute Gasteiger partial charge is 0.394 e. The molecule has 1 fully saturated rings. The van der Waals surface area contributed by atoms with Gasteiger partial charge in [-0.05, 0) is 53.6 Å². The fourth-order valence-electron chi connectivity index (χ4n) is 2.53. The molecule has 0 unspecified atom stereocenters. The van der Waals surface area contributed by atoms with Crippen LogP contribution in [-0.2, 0) is 0 Å². The summed E-state index contributed by atoms with van der Waals surface area (Å²) in [5, 5.41) is 13.2. The summed E-state index contributed by atoms with van der Waals surface area (Å²) in [6.07, 6.45) is 4.95. The Balaban J connectivity index is 2.17. The Morgan fingerprint density at radius 3 is 2.68 bits per heavy atom. The first-order valence-electron chi connectivity index (χ1n) is 6.45. The van der Waals surface area contributed by atoms with Gasteiger partial charge in [0.05, 0.1) is 17.7 Å². The summed E-state index contributed by atoms with van der Waals surface area (Å²) in [4.78, 5) is 12.4. The second kappa shape index (κ2) is 6.41. The zero-order chi connectivity index (χ0) is 13.9. The van der Waals surface area contributed by atoms with Crippen molar-refractivity contribution in [3.05, 3.63) is 32.4 Å². The van der Waals surface area contributed by atoms with Gasteiger partial charge < -0.3 is 10.4 Å². The first kappa shape index (κ1) is 15.1. The molecule has 5 heteroatoms. The summed E-state index contributed by atoms with van der Waals surface area (Å²) in [5.74, 6) is -0.150. The van der Waals surface area contributed by atoms with E-state index in [1.165, 1.54) is 6.42 Å². The van der Waals surface area contributed by atoms with Gasteiger partial charge in [0.1, 0.15) is 0 Å². The first-order valence-corrected chi connectivity index (χ1v) is 7.90. The highest BCUT2D eigenvalue weighted by Crippen LogP contribution is 2.28. The number of hydrogen-bond donors (Lipinski definition) is 2. The third-order valence-electron chi connectivity index (χ3n) is 3.67. The van der Waals surface area contributed by atoms with Crippen molar-refractivity contribution >= 4 is 40.1 Å². The molecule has 0 saturated heterocycles. The third-order valence-corrected chi connectivity index (χ3v) is 4.84. The van der Waals surface area contributed by atoms with Gasteiger partial charge in [0, 0.05) is 8.59 Å². The maximum absolute atomic E-state index is 12.4. The third kappa shape index (κ3) is 3.61. The molecule has 2 rings (SSSR count). The molecule has 0 heterocycles. The van der Waals surface area contributed by atoms with E-state index in [0.29, 0.717) is 10.6 Å². The van der Waals surface area contributed by atoms with Gasteiger partial charge in [-0.2, -0.15) is 0 Å². The summed E-state index contributed by atoms with van der Waals surface area (Å²) >= 11 is 8.06. The van der Waals surface area contributed by atoms with Crippen molar-refractivity contribution in [1.82, 2.24) is 5.32 Å². The van der Waals surface area contributed by atoms with E-state index in [0.717, 1.165) is 29.3 Å². The highest BCUT2D eigenvalue weighted by atomic mass is 127. The van der Waals surface area contributed by atoms with E-state index >= 15 is 0 Å². The van der Waals surface area contributed by atoms with E-state index in [4.69, 9.17) is 11.6 Å². The Morgan fingerprint density at radius 1 is 1.37 bits per heavy atom. The zero-order valence-electron chi connectivity index (χ0n) is 10.6. The average Bonchev–Trinajstić information content (AvgIpc) is 2.42. The van der Waals surface area contributed by atoms with E-state index in [2.05, 4.69) is 27.9 Å². The minimum absolute atomic E-state index is 0.00408. The quantitative estimate of drug-likeness (QED) is 0.774. The predicted octanol–water partition coefficient (Wildman–Crippen LogP) is 3.37. The summed E-state index contributed by atoms with van der Waals surface area (Å²) in [5.41, 5.74) is 0.118. The molecule has 0 atom stereocenters. The molecule has 1 aliphatic carbocycles. The topological polar surface area (TPSA) is 49.3 Å². The van der Waals surface area contributed by atoms with Crippen LogP contribution in [0.4, 0.5) is 0 Å². The fraction of sp³-hybridized carbons (Fsp3) is 0.500. The Bertz CT molecular complexity index is 473.